The van der Waals surface area contributed by atoms with Crippen molar-refractivity contribution in [2.24, 2.45) is 0 Å². The lowest BCUT2D eigenvalue weighted by Gasteiger charge is -2.03. The third kappa shape index (κ3) is 3.03. The SMILES string of the molecule is Fc1cc(F)nc(-c2ccc(-c3ccc(Cl)cc3)nc2)n1. The summed E-state index contributed by atoms with van der Waals surface area (Å²) >= 11 is 5.83. The molecule has 0 saturated heterocycles. The van der Waals surface area contributed by atoms with Crippen molar-refractivity contribution < 1.29 is 8.78 Å². The second-order valence-corrected chi connectivity index (χ2v) is 4.71. The average Bonchev–Trinajstić information content (AvgIpc) is 2.47. The summed E-state index contributed by atoms with van der Waals surface area (Å²) in [6.07, 6.45) is 1.47. The molecule has 3 aromatic rings. The van der Waals surface area contributed by atoms with Gasteiger partial charge in [0.15, 0.2) is 5.82 Å². The molecule has 0 fully saturated rings. The molecule has 6 heteroatoms. The predicted molar refractivity (Wildman–Crippen MR) is 75.6 cm³/mol. The zero-order valence-electron chi connectivity index (χ0n) is 10.6. The highest BCUT2D eigenvalue weighted by molar-refractivity contribution is 6.30. The van der Waals surface area contributed by atoms with Gasteiger partial charge in [0.2, 0.25) is 11.9 Å². The maximum absolute atomic E-state index is 13.1. The lowest BCUT2D eigenvalue weighted by atomic mass is 10.1. The maximum atomic E-state index is 13.1. The number of nitrogens with zero attached hydrogens (tertiary/aromatic N) is 3. The van der Waals surface area contributed by atoms with E-state index in [0.29, 0.717) is 22.3 Å². The summed E-state index contributed by atoms with van der Waals surface area (Å²) in [7, 11) is 0. The molecule has 2 heterocycles. The van der Waals surface area contributed by atoms with E-state index in [-0.39, 0.29) is 5.82 Å². The van der Waals surface area contributed by atoms with Crippen LogP contribution in [0.1, 0.15) is 0 Å². The van der Waals surface area contributed by atoms with Gasteiger partial charge < -0.3 is 0 Å². The summed E-state index contributed by atoms with van der Waals surface area (Å²) in [6.45, 7) is 0. The zero-order valence-corrected chi connectivity index (χ0v) is 11.4. The fourth-order valence-electron chi connectivity index (χ4n) is 1.84. The van der Waals surface area contributed by atoms with E-state index in [1.165, 1.54) is 6.20 Å². The van der Waals surface area contributed by atoms with Gasteiger partial charge in [0.25, 0.3) is 0 Å². The highest BCUT2D eigenvalue weighted by Gasteiger charge is 2.08. The molecule has 0 bridgehead atoms. The first-order valence-corrected chi connectivity index (χ1v) is 6.42. The van der Waals surface area contributed by atoms with Gasteiger partial charge in [-0.3, -0.25) is 4.98 Å². The molecule has 0 radical (unpaired) electrons. The first-order chi connectivity index (χ1) is 10.1. The van der Waals surface area contributed by atoms with Crippen LogP contribution < -0.4 is 0 Å². The number of pyridine rings is 1. The summed E-state index contributed by atoms with van der Waals surface area (Å²) in [5.74, 6) is -1.87. The van der Waals surface area contributed by atoms with Gasteiger partial charge in [0, 0.05) is 28.4 Å². The van der Waals surface area contributed by atoms with Gasteiger partial charge in [-0.15, -0.1) is 0 Å². The van der Waals surface area contributed by atoms with Crippen molar-refractivity contribution in [3.8, 4) is 22.6 Å². The van der Waals surface area contributed by atoms with Crippen molar-refractivity contribution in [2.45, 2.75) is 0 Å². The van der Waals surface area contributed by atoms with Gasteiger partial charge in [-0.25, -0.2) is 0 Å². The topological polar surface area (TPSA) is 38.7 Å². The fourth-order valence-corrected chi connectivity index (χ4v) is 1.96. The van der Waals surface area contributed by atoms with Crippen molar-refractivity contribution in [1.82, 2.24) is 15.0 Å². The minimum absolute atomic E-state index is 0.0392. The van der Waals surface area contributed by atoms with Crippen molar-refractivity contribution in [1.29, 1.82) is 0 Å². The summed E-state index contributed by atoms with van der Waals surface area (Å²) in [4.78, 5) is 11.3. The van der Waals surface area contributed by atoms with Crippen LogP contribution in [0.4, 0.5) is 8.78 Å². The van der Waals surface area contributed by atoms with Gasteiger partial charge in [-0.2, -0.15) is 18.7 Å². The standard InChI is InChI=1S/C15H8ClF2N3/c16-11-4-1-9(2-5-11)12-6-3-10(8-19-12)15-20-13(17)7-14(18)21-15/h1-8H. The number of benzene rings is 1. The van der Waals surface area contributed by atoms with E-state index >= 15 is 0 Å². The van der Waals surface area contributed by atoms with Crippen molar-refractivity contribution >= 4 is 11.6 Å². The van der Waals surface area contributed by atoms with E-state index in [9.17, 15) is 8.78 Å². The highest BCUT2D eigenvalue weighted by atomic mass is 35.5. The Labute approximate surface area is 124 Å². The molecule has 21 heavy (non-hydrogen) atoms. The molecule has 0 saturated carbocycles. The molecule has 0 spiro atoms. The van der Waals surface area contributed by atoms with E-state index in [2.05, 4.69) is 15.0 Å². The average molecular weight is 304 g/mol. The number of hydrogen-bond donors (Lipinski definition) is 0. The number of hydrogen-bond acceptors (Lipinski definition) is 3. The van der Waals surface area contributed by atoms with E-state index in [1.54, 1.807) is 24.3 Å². The van der Waals surface area contributed by atoms with Crippen molar-refractivity contribution in [2.75, 3.05) is 0 Å². The monoisotopic (exact) mass is 303 g/mol. The zero-order chi connectivity index (χ0) is 14.8. The Bertz CT molecular complexity index is 754. The summed E-state index contributed by atoms with van der Waals surface area (Å²) in [5.41, 5.74) is 2.04. The Balaban J connectivity index is 1.95. The molecule has 2 aromatic heterocycles. The molecule has 104 valence electrons. The van der Waals surface area contributed by atoms with Gasteiger partial charge in [0.05, 0.1) is 5.69 Å². The molecule has 0 atom stereocenters. The van der Waals surface area contributed by atoms with E-state index < -0.39 is 11.9 Å². The van der Waals surface area contributed by atoms with Crippen LogP contribution >= 0.6 is 11.6 Å². The van der Waals surface area contributed by atoms with Crippen molar-refractivity contribution in [3.05, 3.63) is 65.6 Å². The molecule has 0 aliphatic carbocycles. The van der Waals surface area contributed by atoms with Crippen LogP contribution in [0.25, 0.3) is 22.6 Å². The molecule has 0 aliphatic heterocycles. The Kier molecular flexibility index (Phi) is 3.58. The number of aromatic nitrogens is 3. The minimum atomic E-state index is -0.917. The van der Waals surface area contributed by atoms with Crippen LogP contribution in [-0.2, 0) is 0 Å². The molecule has 3 nitrogen and oxygen atoms in total. The van der Waals surface area contributed by atoms with Crippen LogP contribution in [0, 0.1) is 11.9 Å². The maximum Gasteiger partial charge on any atom is 0.219 e. The minimum Gasteiger partial charge on any atom is -0.255 e. The molecule has 3 rings (SSSR count). The normalized spacial score (nSPS) is 10.6. The lowest BCUT2D eigenvalue weighted by molar-refractivity contribution is 0.528. The molecular formula is C15H8ClF2N3. The molecule has 0 N–H and O–H groups in total. The lowest BCUT2D eigenvalue weighted by Crippen LogP contribution is -1.96. The molecule has 0 amide bonds. The quantitative estimate of drug-likeness (QED) is 0.668. The van der Waals surface area contributed by atoms with Crippen molar-refractivity contribution in [3.63, 3.8) is 0 Å². The van der Waals surface area contributed by atoms with Gasteiger partial charge in [-0.1, -0.05) is 23.7 Å². The highest BCUT2D eigenvalue weighted by Crippen LogP contribution is 2.22. The first kappa shape index (κ1) is 13.6. The summed E-state index contributed by atoms with van der Waals surface area (Å²) in [5, 5.41) is 0.638. The van der Waals surface area contributed by atoms with E-state index in [0.717, 1.165) is 5.56 Å². The van der Waals surface area contributed by atoms with Gasteiger partial charge >= 0.3 is 0 Å². The van der Waals surface area contributed by atoms with E-state index in [4.69, 9.17) is 11.6 Å². The number of halogens is 3. The van der Waals surface area contributed by atoms with Gasteiger partial charge in [0.1, 0.15) is 0 Å². The Hall–Kier alpha value is -2.40. The van der Waals surface area contributed by atoms with Crippen LogP contribution in [0.15, 0.2) is 48.7 Å². The van der Waals surface area contributed by atoms with Crippen LogP contribution in [0.2, 0.25) is 5.02 Å². The second-order valence-electron chi connectivity index (χ2n) is 4.28. The Morgan fingerprint density at radius 3 is 2.00 bits per heavy atom. The third-order valence-corrected chi connectivity index (χ3v) is 3.08. The fraction of sp³-hybridized carbons (Fsp3) is 0. The number of rotatable bonds is 2. The predicted octanol–water partition coefficient (Wildman–Crippen LogP) is 4.14. The molecule has 0 unspecified atom stereocenters. The second kappa shape index (κ2) is 5.54. The Morgan fingerprint density at radius 2 is 1.43 bits per heavy atom. The molecule has 1 aromatic carbocycles. The van der Waals surface area contributed by atoms with E-state index in [1.807, 2.05) is 12.1 Å². The van der Waals surface area contributed by atoms with Crippen LogP contribution in [-0.4, -0.2) is 15.0 Å². The first-order valence-electron chi connectivity index (χ1n) is 6.04. The molecular weight excluding hydrogens is 296 g/mol. The van der Waals surface area contributed by atoms with Crippen LogP contribution in [0.3, 0.4) is 0 Å². The third-order valence-electron chi connectivity index (χ3n) is 2.83. The summed E-state index contributed by atoms with van der Waals surface area (Å²) < 4.78 is 26.1. The van der Waals surface area contributed by atoms with Crippen LogP contribution in [0.5, 0.6) is 0 Å². The Morgan fingerprint density at radius 1 is 0.810 bits per heavy atom. The van der Waals surface area contributed by atoms with Gasteiger partial charge in [-0.05, 0) is 24.3 Å². The molecule has 0 aliphatic rings. The summed E-state index contributed by atoms with van der Waals surface area (Å²) in [6, 6.07) is 11.2. The largest absolute Gasteiger partial charge is 0.255 e. The smallest absolute Gasteiger partial charge is 0.219 e.